The molecular formula is C34H35F7N8O6. The van der Waals surface area contributed by atoms with Crippen molar-refractivity contribution in [2.45, 2.75) is 63.5 Å². The quantitative estimate of drug-likeness (QED) is 0.177. The van der Waals surface area contributed by atoms with Gasteiger partial charge in [-0.15, -0.1) is 0 Å². The lowest BCUT2D eigenvalue weighted by Gasteiger charge is -2.30. The zero-order valence-corrected chi connectivity index (χ0v) is 29.8. The number of alkyl halides is 5. The van der Waals surface area contributed by atoms with Crippen molar-refractivity contribution in [2.24, 2.45) is 13.0 Å². The number of hydrogen-bond donors (Lipinski definition) is 3. The van der Waals surface area contributed by atoms with Crippen molar-refractivity contribution in [2.75, 3.05) is 19.1 Å². The minimum Gasteiger partial charge on any atom is -0.506 e. The van der Waals surface area contributed by atoms with E-state index in [1.165, 1.54) is 34.0 Å². The van der Waals surface area contributed by atoms with Crippen molar-refractivity contribution in [1.82, 2.24) is 34.8 Å². The number of carbonyl (C=O) groups excluding carboxylic acids is 3. The summed E-state index contributed by atoms with van der Waals surface area (Å²) < 4.78 is 104. The van der Waals surface area contributed by atoms with E-state index in [0.717, 1.165) is 52.0 Å². The standard InChI is InChI=1S/C34H35F7N8O6/c1-33(2,15-49-24(11-27(45-49)34(39,40)41)17-7-22(36)30(53)46(3)14-17)44-29(52)23(6-16-12-42-48(13-16)31(37)38)43-28(51)20-8-18(20)19-9-25(26(50)10-21(19)35)47(4)32(54)55-5/h7,9-14,18,20,23,31,50H,6,8,15H2,1-5H3,(H,43,51)(H,44,52)/t18-,20+,23-/m1/s1. The molecule has 0 saturated heterocycles. The lowest BCUT2D eigenvalue weighted by molar-refractivity contribution is -0.141. The summed E-state index contributed by atoms with van der Waals surface area (Å²) in [5.74, 6) is -5.97. The van der Waals surface area contributed by atoms with Crippen LogP contribution in [0.25, 0.3) is 11.3 Å². The Labute approximate surface area is 307 Å². The maximum atomic E-state index is 15.0. The first-order valence-electron chi connectivity index (χ1n) is 16.4. The molecule has 14 nitrogen and oxygen atoms in total. The van der Waals surface area contributed by atoms with Gasteiger partial charge >= 0.3 is 18.8 Å². The second-order valence-electron chi connectivity index (χ2n) is 13.6. The van der Waals surface area contributed by atoms with Crippen LogP contribution in [0.1, 0.15) is 49.6 Å². The third kappa shape index (κ3) is 8.92. The van der Waals surface area contributed by atoms with Gasteiger partial charge < -0.3 is 25.0 Å². The van der Waals surface area contributed by atoms with Gasteiger partial charge in [0.2, 0.25) is 11.8 Å². The summed E-state index contributed by atoms with van der Waals surface area (Å²) in [6.45, 7) is -0.625. The Hall–Kier alpha value is -5.89. The van der Waals surface area contributed by atoms with Crippen LogP contribution in [0.2, 0.25) is 0 Å². The molecule has 0 radical (unpaired) electrons. The fourth-order valence-electron chi connectivity index (χ4n) is 6.05. The Morgan fingerprint density at radius 1 is 1.09 bits per heavy atom. The number of carbonyl (C=O) groups is 3. The van der Waals surface area contributed by atoms with Crippen molar-refractivity contribution >= 4 is 23.6 Å². The monoisotopic (exact) mass is 784 g/mol. The molecule has 0 unspecified atom stereocenters. The van der Waals surface area contributed by atoms with E-state index in [1.807, 2.05) is 0 Å². The molecule has 3 amide bonds. The van der Waals surface area contributed by atoms with Crippen LogP contribution >= 0.6 is 0 Å². The van der Waals surface area contributed by atoms with E-state index in [0.29, 0.717) is 10.7 Å². The summed E-state index contributed by atoms with van der Waals surface area (Å²) in [4.78, 5) is 52.2. The van der Waals surface area contributed by atoms with Gasteiger partial charge in [0, 0.05) is 50.5 Å². The van der Waals surface area contributed by atoms with Crippen LogP contribution in [0.3, 0.4) is 0 Å². The first-order valence-corrected chi connectivity index (χ1v) is 16.4. The minimum absolute atomic E-state index is 0.0179. The summed E-state index contributed by atoms with van der Waals surface area (Å²) in [6, 6.07) is 1.88. The molecule has 55 heavy (non-hydrogen) atoms. The van der Waals surface area contributed by atoms with Crippen LogP contribution in [-0.4, -0.2) is 72.9 Å². The molecule has 4 aromatic rings. The van der Waals surface area contributed by atoms with Crippen LogP contribution in [0, 0.1) is 17.6 Å². The summed E-state index contributed by atoms with van der Waals surface area (Å²) in [6.07, 6.45) is -2.95. The lowest BCUT2D eigenvalue weighted by Crippen LogP contribution is -2.55. The first-order chi connectivity index (χ1) is 25.6. The topological polar surface area (TPSA) is 166 Å². The molecule has 1 saturated carbocycles. The maximum Gasteiger partial charge on any atom is 0.435 e. The molecule has 296 valence electrons. The van der Waals surface area contributed by atoms with Crippen LogP contribution in [0.5, 0.6) is 5.75 Å². The molecule has 1 aliphatic rings. The fraction of sp³-hybridized carbons (Fsp3) is 0.412. The molecule has 1 fully saturated rings. The van der Waals surface area contributed by atoms with Gasteiger partial charge in [0.05, 0.1) is 36.8 Å². The summed E-state index contributed by atoms with van der Waals surface area (Å²) in [5, 5.41) is 22.6. The second kappa shape index (κ2) is 15.1. The van der Waals surface area contributed by atoms with Crippen molar-refractivity contribution in [3.63, 3.8) is 0 Å². The SMILES string of the molecule is COC(=O)N(C)c1cc([C@H]2C[C@@H]2C(=O)N[C@H](Cc2cnn(C(F)F)c2)C(=O)NC(C)(C)Cn2nc(C(F)(F)F)cc2-c2cc(F)c(=O)n(C)c2)c(F)cc1O. The zero-order valence-electron chi connectivity index (χ0n) is 29.8. The van der Waals surface area contributed by atoms with Gasteiger partial charge in [-0.3, -0.25) is 24.0 Å². The molecule has 21 heteroatoms. The summed E-state index contributed by atoms with van der Waals surface area (Å²) >= 11 is 0. The minimum atomic E-state index is -4.92. The average molecular weight is 785 g/mol. The number of methoxy groups -OCH3 is 1. The molecule has 0 aliphatic heterocycles. The van der Waals surface area contributed by atoms with Crippen molar-refractivity contribution < 1.29 is 55.0 Å². The van der Waals surface area contributed by atoms with Crippen LogP contribution in [-0.2, 0) is 40.5 Å². The van der Waals surface area contributed by atoms with E-state index >= 15 is 4.39 Å². The molecule has 3 N–H and O–H groups in total. The zero-order chi connectivity index (χ0) is 40.7. The number of nitrogens with zero attached hydrogens (tertiary/aromatic N) is 6. The Kier molecular flexibility index (Phi) is 11.1. The number of benzene rings is 1. The molecule has 5 rings (SSSR count). The molecule has 0 spiro atoms. The molecular weight excluding hydrogens is 749 g/mol. The number of ether oxygens (including phenoxy) is 1. The van der Waals surface area contributed by atoms with Crippen molar-refractivity contribution in [3.05, 3.63) is 81.7 Å². The fourth-order valence-corrected chi connectivity index (χ4v) is 6.05. The van der Waals surface area contributed by atoms with Crippen molar-refractivity contribution in [3.8, 4) is 17.0 Å². The highest BCUT2D eigenvalue weighted by atomic mass is 19.4. The predicted octanol–water partition coefficient (Wildman–Crippen LogP) is 4.47. The Bertz CT molecular complexity index is 2150. The van der Waals surface area contributed by atoms with Gasteiger partial charge in [-0.2, -0.15) is 32.1 Å². The number of pyridine rings is 1. The Balaban J connectivity index is 1.39. The van der Waals surface area contributed by atoms with Crippen LogP contribution < -0.4 is 21.1 Å². The largest absolute Gasteiger partial charge is 0.506 e. The predicted molar refractivity (Wildman–Crippen MR) is 179 cm³/mol. The lowest BCUT2D eigenvalue weighted by atomic mass is 10.0. The van der Waals surface area contributed by atoms with E-state index in [1.54, 1.807) is 0 Å². The highest BCUT2D eigenvalue weighted by Gasteiger charge is 2.47. The van der Waals surface area contributed by atoms with Gasteiger partial charge in [-0.05, 0) is 55.5 Å². The van der Waals surface area contributed by atoms with Crippen LogP contribution in [0.4, 0.5) is 41.2 Å². The van der Waals surface area contributed by atoms with Gasteiger partial charge in [-0.1, -0.05) is 0 Å². The van der Waals surface area contributed by atoms with Gasteiger partial charge in [0.15, 0.2) is 11.5 Å². The normalized spacial score (nSPS) is 16.2. The number of phenolic OH excluding ortho intramolecular Hbond substituents is 1. The molecule has 3 heterocycles. The van der Waals surface area contributed by atoms with Crippen LogP contribution in [0.15, 0.2) is 47.7 Å². The summed E-state index contributed by atoms with van der Waals surface area (Å²) in [5.41, 5.74) is -4.19. The molecule has 0 bridgehead atoms. The highest BCUT2D eigenvalue weighted by Crippen LogP contribution is 2.50. The summed E-state index contributed by atoms with van der Waals surface area (Å²) in [7, 11) is 3.58. The van der Waals surface area contributed by atoms with Gasteiger partial charge in [0.25, 0.3) is 5.56 Å². The third-order valence-corrected chi connectivity index (χ3v) is 8.87. The number of aromatic nitrogens is 5. The average Bonchev–Trinajstić information content (AvgIpc) is 3.53. The number of aromatic hydroxyl groups is 1. The number of nitrogens with one attached hydrogen (secondary N) is 2. The van der Waals surface area contributed by atoms with Gasteiger partial charge in [0.1, 0.15) is 17.6 Å². The van der Waals surface area contributed by atoms with E-state index in [4.69, 9.17) is 0 Å². The smallest absolute Gasteiger partial charge is 0.435 e. The van der Waals surface area contributed by atoms with E-state index < -0.39 is 89.2 Å². The molecule has 1 aromatic carbocycles. The van der Waals surface area contributed by atoms with E-state index in [9.17, 15) is 50.6 Å². The number of hydrogen-bond acceptors (Lipinski definition) is 8. The molecule has 3 atom stereocenters. The first kappa shape index (κ1) is 40.3. The number of phenols is 1. The molecule has 1 aliphatic carbocycles. The second-order valence-corrected chi connectivity index (χ2v) is 13.6. The van der Waals surface area contributed by atoms with E-state index in [-0.39, 0.29) is 40.9 Å². The third-order valence-electron chi connectivity index (χ3n) is 8.87. The Morgan fingerprint density at radius 2 is 1.78 bits per heavy atom. The van der Waals surface area contributed by atoms with Crippen molar-refractivity contribution in [1.29, 1.82) is 0 Å². The number of aryl methyl sites for hydroxylation is 1. The maximum absolute atomic E-state index is 15.0. The van der Waals surface area contributed by atoms with Gasteiger partial charge in [-0.25, -0.2) is 18.3 Å². The number of amides is 3. The number of anilines is 1. The van der Waals surface area contributed by atoms with E-state index in [2.05, 4.69) is 25.6 Å². The Morgan fingerprint density at radius 3 is 2.38 bits per heavy atom. The molecule has 3 aromatic heterocycles. The highest BCUT2D eigenvalue weighted by molar-refractivity contribution is 5.91. The number of halogens is 7. The number of rotatable bonds is 12.